The maximum Gasteiger partial charge on any atom is 0.261 e. The molecule has 2 N–H and O–H groups in total. The van der Waals surface area contributed by atoms with Gasteiger partial charge in [-0.1, -0.05) is 24.3 Å². The van der Waals surface area contributed by atoms with E-state index < -0.39 is 17.3 Å². The first-order chi connectivity index (χ1) is 13.4. The van der Waals surface area contributed by atoms with Crippen LogP contribution in [-0.2, 0) is 15.2 Å². The number of hydrogen-bond donors (Lipinski definition) is 2. The molecular formula is C21H21NO6. The molecule has 1 atom stereocenters. The Morgan fingerprint density at radius 1 is 1.11 bits per heavy atom. The first-order valence-corrected chi connectivity index (χ1v) is 8.57. The molecular weight excluding hydrogens is 362 g/mol. The lowest BCUT2D eigenvalue weighted by atomic mass is 9.90. The monoisotopic (exact) mass is 383 g/mol. The Morgan fingerprint density at radius 3 is 2.36 bits per heavy atom. The molecule has 0 radical (unpaired) electrons. The molecule has 7 heteroatoms. The molecule has 28 heavy (non-hydrogen) atoms. The predicted molar refractivity (Wildman–Crippen MR) is 104 cm³/mol. The topological polar surface area (TPSA) is 94.1 Å². The SMILES string of the molecule is COc1cc(C=CC(=O)CC2(O)C(=O)Nc3ccccc32)cc(OC)c1OC. The van der Waals surface area contributed by atoms with E-state index in [4.69, 9.17) is 14.2 Å². The Balaban J connectivity index is 1.82. The van der Waals surface area contributed by atoms with Crippen LogP contribution in [0.4, 0.5) is 5.69 Å². The number of carbonyl (C=O) groups is 2. The Labute approximate surface area is 162 Å². The molecule has 0 bridgehead atoms. The van der Waals surface area contributed by atoms with Gasteiger partial charge in [0.05, 0.1) is 27.8 Å². The van der Waals surface area contributed by atoms with Crippen molar-refractivity contribution in [2.24, 2.45) is 0 Å². The highest BCUT2D eigenvalue weighted by Crippen LogP contribution is 2.39. The zero-order valence-electron chi connectivity index (χ0n) is 15.8. The van der Waals surface area contributed by atoms with Gasteiger partial charge in [0.1, 0.15) is 0 Å². The fourth-order valence-electron chi connectivity index (χ4n) is 3.17. The second-order valence-electron chi connectivity index (χ2n) is 6.30. The van der Waals surface area contributed by atoms with E-state index in [1.807, 2.05) is 0 Å². The highest BCUT2D eigenvalue weighted by atomic mass is 16.5. The van der Waals surface area contributed by atoms with Crippen LogP contribution in [0.3, 0.4) is 0 Å². The molecule has 0 saturated heterocycles. The molecule has 2 aromatic rings. The van der Waals surface area contributed by atoms with Crippen molar-refractivity contribution in [3.05, 3.63) is 53.6 Å². The second-order valence-corrected chi connectivity index (χ2v) is 6.30. The summed E-state index contributed by atoms with van der Waals surface area (Å²) in [5.74, 6) is 0.349. The van der Waals surface area contributed by atoms with Crippen molar-refractivity contribution in [3.63, 3.8) is 0 Å². The minimum Gasteiger partial charge on any atom is -0.493 e. The smallest absolute Gasteiger partial charge is 0.261 e. The van der Waals surface area contributed by atoms with Gasteiger partial charge in [-0.25, -0.2) is 0 Å². The van der Waals surface area contributed by atoms with Crippen LogP contribution in [0, 0.1) is 0 Å². The normalized spacial score (nSPS) is 17.9. The van der Waals surface area contributed by atoms with Gasteiger partial charge in [-0.3, -0.25) is 9.59 Å². The van der Waals surface area contributed by atoms with Crippen molar-refractivity contribution in [2.45, 2.75) is 12.0 Å². The predicted octanol–water partition coefficient (Wildman–Crippen LogP) is 2.52. The number of carbonyl (C=O) groups excluding carboxylic acids is 2. The molecule has 1 aliphatic rings. The minimum atomic E-state index is -1.88. The van der Waals surface area contributed by atoms with E-state index in [2.05, 4.69) is 5.32 Å². The minimum absolute atomic E-state index is 0.364. The number of anilines is 1. The van der Waals surface area contributed by atoms with Crippen LogP contribution < -0.4 is 19.5 Å². The van der Waals surface area contributed by atoms with E-state index in [-0.39, 0.29) is 6.42 Å². The molecule has 0 aromatic heterocycles. The summed E-state index contributed by atoms with van der Waals surface area (Å²) in [5.41, 5.74) is -0.329. The van der Waals surface area contributed by atoms with Gasteiger partial charge >= 0.3 is 0 Å². The van der Waals surface area contributed by atoms with E-state index in [9.17, 15) is 14.7 Å². The molecule has 146 valence electrons. The molecule has 0 spiro atoms. The summed E-state index contributed by atoms with van der Waals surface area (Å²) >= 11 is 0. The lowest BCUT2D eigenvalue weighted by molar-refractivity contribution is -0.138. The van der Waals surface area contributed by atoms with Gasteiger partial charge in [0.2, 0.25) is 5.75 Å². The number of allylic oxidation sites excluding steroid dienone is 1. The molecule has 0 saturated carbocycles. The van der Waals surface area contributed by atoms with Crippen LogP contribution in [0.25, 0.3) is 6.08 Å². The zero-order valence-corrected chi connectivity index (χ0v) is 15.8. The number of fused-ring (bicyclic) bond motifs is 1. The van der Waals surface area contributed by atoms with Gasteiger partial charge in [-0.15, -0.1) is 0 Å². The third-order valence-electron chi connectivity index (χ3n) is 4.58. The third kappa shape index (κ3) is 3.44. The van der Waals surface area contributed by atoms with Gasteiger partial charge in [-0.05, 0) is 29.8 Å². The van der Waals surface area contributed by atoms with Crippen molar-refractivity contribution in [1.29, 1.82) is 0 Å². The van der Waals surface area contributed by atoms with Crippen molar-refractivity contribution in [1.82, 2.24) is 0 Å². The second kappa shape index (κ2) is 7.74. The zero-order chi connectivity index (χ0) is 20.3. The number of hydrogen-bond acceptors (Lipinski definition) is 6. The largest absolute Gasteiger partial charge is 0.493 e. The molecule has 1 unspecified atom stereocenters. The highest BCUT2D eigenvalue weighted by molar-refractivity contribution is 6.08. The molecule has 7 nitrogen and oxygen atoms in total. The van der Waals surface area contributed by atoms with E-state index >= 15 is 0 Å². The Morgan fingerprint density at radius 2 is 1.75 bits per heavy atom. The highest BCUT2D eigenvalue weighted by Gasteiger charge is 2.46. The molecule has 0 fully saturated rings. The first-order valence-electron chi connectivity index (χ1n) is 8.57. The summed E-state index contributed by atoms with van der Waals surface area (Å²) in [6, 6.07) is 10.1. The van der Waals surface area contributed by atoms with Crippen LogP contribution in [0.5, 0.6) is 17.2 Å². The molecule has 3 rings (SSSR count). The van der Waals surface area contributed by atoms with Crippen LogP contribution in [0.1, 0.15) is 17.5 Å². The lowest BCUT2D eigenvalue weighted by Crippen LogP contribution is -2.36. The Bertz CT molecular complexity index is 927. The number of ether oxygens (including phenoxy) is 3. The molecule has 0 aliphatic carbocycles. The first kappa shape index (κ1) is 19.4. The summed E-state index contributed by atoms with van der Waals surface area (Å²) in [5, 5.41) is 13.4. The van der Waals surface area contributed by atoms with Crippen LogP contribution in [0.2, 0.25) is 0 Å². The van der Waals surface area contributed by atoms with Crippen molar-refractivity contribution in [3.8, 4) is 17.2 Å². The number of amides is 1. The van der Waals surface area contributed by atoms with E-state index in [0.29, 0.717) is 34.1 Å². The summed E-state index contributed by atoms with van der Waals surface area (Å²) in [6.07, 6.45) is 2.51. The lowest BCUT2D eigenvalue weighted by Gasteiger charge is -2.19. The maximum absolute atomic E-state index is 12.5. The fourth-order valence-corrected chi connectivity index (χ4v) is 3.17. The average Bonchev–Trinajstić information content (AvgIpc) is 2.95. The van der Waals surface area contributed by atoms with Gasteiger partial charge in [-0.2, -0.15) is 0 Å². The number of ketones is 1. The molecule has 1 heterocycles. The standard InChI is InChI=1S/C21H21NO6/c1-26-17-10-13(11-18(27-2)19(17)28-3)8-9-14(23)12-21(25)15-6-4-5-7-16(15)22-20(21)24/h4-11,25H,12H2,1-3H3,(H,22,24). The van der Waals surface area contributed by atoms with E-state index in [1.165, 1.54) is 27.4 Å². The molecule has 1 amide bonds. The van der Waals surface area contributed by atoms with Crippen LogP contribution in [-0.4, -0.2) is 38.1 Å². The number of nitrogens with one attached hydrogen (secondary N) is 1. The number of rotatable bonds is 7. The number of para-hydroxylation sites is 1. The van der Waals surface area contributed by atoms with Crippen LogP contribution in [0.15, 0.2) is 42.5 Å². The number of aliphatic hydroxyl groups is 1. The third-order valence-corrected chi connectivity index (χ3v) is 4.58. The summed E-state index contributed by atoms with van der Waals surface area (Å²) in [6.45, 7) is 0. The van der Waals surface area contributed by atoms with Gasteiger partial charge in [0.25, 0.3) is 5.91 Å². The van der Waals surface area contributed by atoms with Crippen molar-refractivity contribution >= 4 is 23.5 Å². The summed E-state index contributed by atoms with van der Waals surface area (Å²) in [4.78, 5) is 24.7. The maximum atomic E-state index is 12.5. The summed E-state index contributed by atoms with van der Waals surface area (Å²) in [7, 11) is 4.51. The van der Waals surface area contributed by atoms with Crippen molar-refractivity contribution < 1.29 is 28.9 Å². The van der Waals surface area contributed by atoms with Gasteiger partial charge < -0.3 is 24.6 Å². The fraction of sp³-hybridized carbons (Fsp3) is 0.238. The average molecular weight is 383 g/mol. The Kier molecular flexibility index (Phi) is 5.37. The van der Waals surface area contributed by atoms with Crippen molar-refractivity contribution in [2.75, 3.05) is 26.6 Å². The molecule has 2 aromatic carbocycles. The van der Waals surface area contributed by atoms with E-state index in [0.717, 1.165) is 0 Å². The molecule has 1 aliphatic heterocycles. The summed E-state index contributed by atoms with van der Waals surface area (Å²) < 4.78 is 15.8. The quantitative estimate of drug-likeness (QED) is 0.714. The van der Waals surface area contributed by atoms with Crippen LogP contribution >= 0.6 is 0 Å². The van der Waals surface area contributed by atoms with Gasteiger partial charge in [0, 0.05) is 11.3 Å². The van der Waals surface area contributed by atoms with Gasteiger partial charge in [0.15, 0.2) is 22.9 Å². The number of benzene rings is 2. The van der Waals surface area contributed by atoms with E-state index in [1.54, 1.807) is 42.5 Å². The Hall–Kier alpha value is -3.32. The number of methoxy groups -OCH3 is 3.